The van der Waals surface area contributed by atoms with Gasteiger partial charge in [-0.25, -0.2) is 0 Å². The van der Waals surface area contributed by atoms with Gasteiger partial charge in [0.25, 0.3) is 5.91 Å². The van der Waals surface area contributed by atoms with Crippen LogP contribution in [0.5, 0.6) is 0 Å². The number of carbonyl (C=O) groups is 1. The molecule has 1 heterocycles. The van der Waals surface area contributed by atoms with E-state index in [2.05, 4.69) is 26.2 Å². The summed E-state index contributed by atoms with van der Waals surface area (Å²) in [7, 11) is 0. The summed E-state index contributed by atoms with van der Waals surface area (Å²) in [5, 5.41) is 2.76. The van der Waals surface area contributed by atoms with E-state index in [4.69, 9.17) is 5.73 Å². The number of benzene rings is 1. The molecule has 0 saturated heterocycles. The van der Waals surface area contributed by atoms with Crippen molar-refractivity contribution in [2.75, 3.05) is 11.1 Å². The maximum Gasteiger partial charge on any atom is 0.256 e. The van der Waals surface area contributed by atoms with Gasteiger partial charge in [-0.1, -0.05) is 11.6 Å². The first-order valence-corrected chi connectivity index (χ1v) is 6.14. The van der Waals surface area contributed by atoms with Crippen molar-refractivity contribution in [2.24, 2.45) is 0 Å². The number of halogens is 1. The smallest absolute Gasteiger partial charge is 0.256 e. The summed E-state index contributed by atoms with van der Waals surface area (Å²) in [6.07, 6.45) is 3.08. The highest BCUT2D eigenvalue weighted by Crippen LogP contribution is 2.21. The van der Waals surface area contributed by atoms with Crippen LogP contribution >= 0.6 is 15.9 Å². The van der Waals surface area contributed by atoms with Crippen LogP contribution in [0.2, 0.25) is 0 Å². The quantitative estimate of drug-likeness (QED) is 0.896. The van der Waals surface area contributed by atoms with E-state index in [0.717, 1.165) is 10.0 Å². The molecule has 0 radical (unpaired) electrons. The summed E-state index contributed by atoms with van der Waals surface area (Å²) in [5.41, 5.74) is 8.32. The van der Waals surface area contributed by atoms with E-state index in [1.807, 2.05) is 25.1 Å². The Morgan fingerprint density at radius 3 is 2.89 bits per heavy atom. The second-order valence-corrected chi connectivity index (χ2v) is 4.75. The first kappa shape index (κ1) is 12.6. The fourth-order valence-corrected chi connectivity index (χ4v) is 1.95. The van der Waals surface area contributed by atoms with Crippen molar-refractivity contribution in [3.8, 4) is 0 Å². The number of nitrogens with two attached hydrogens (primary N) is 1. The van der Waals surface area contributed by atoms with Crippen LogP contribution in [0, 0.1) is 6.92 Å². The lowest BCUT2D eigenvalue weighted by atomic mass is 10.1. The Morgan fingerprint density at radius 2 is 2.17 bits per heavy atom. The van der Waals surface area contributed by atoms with E-state index >= 15 is 0 Å². The number of hydrogen-bond donors (Lipinski definition) is 2. The van der Waals surface area contributed by atoms with Crippen molar-refractivity contribution in [3.63, 3.8) is 0 Å². The first-order chi connectivity index (χ1) is 8.58. The summed E-state index contributed by atoms with van der Waals surface area (Å²) >= 11 is 3.36. The summed E-state index contributed by atoms with van der Waals surface area (Å²) in [4.78, 5) is 16.0. The van der Waals surface area contributed by atoms with E-state index in [9.17, 15) is 4.79 Å². The van der Waals surface area contributed by atoms with Gasteiger partial charge in [-0.05, 0) is 41.1 Å². The van der Waals surface area contributed by atoms with Crippen LogP contribution in [0.4, 0.5) is 11.4 Å². The second-order valence-electron chi connectivity index (χ2n) is 3.90. The predicted octanol–water partition coefficient (Wildman–Crippen LogP) is 2.99. The third-order valence-electron chi connectivity index (χ3n) is 2.47. The molecule has 2 aromatic rings. The van der Waals surface area contributed by atoms with Crippen molar-refractivity contribution < 1.29 is 4.79 Å². The first-order valence-electron chi connectivity index (χ1n) is 5.35. The molecule has 0 unspecified atom stereocenters. The fraction of sp³-hybridized carbons (Fsp3) is 0.0769. The number of rotatable bonds is 2. The third kappa shape index (κ3) is 2.68. The van der Waals surface area contributed by atoms with Crippen LogP contribution < -0.4 is 11.1 Å². The van der Waals surface area contributed by atoms with E-state index in [1.165, 1.54) is 6.20 Å². The molecule has 0 aliphatic carbocycles. The van der Waals surface area contributed by atoms with Gasteiger partial charge < -0.3 is 11.1 Å². The topological polar surface area (TPSA) is 68.0 Å². The minimum atomic E-state index is -0.205. The van der Waals surface area contributed by atoms with E-state index in [1.54, 1.807) is 12.3 Å². The molecule has 92 valence electrons. The van der Waals surface area contributed by atoms with Gasteiger partial charge in [0.15, 0.2) is 0 Å². The van der Waals surface area contributed by atoms with Crippen molar-refractivity contribution in [1.29, 1.82) is 0 Å². The van der Waals surface area contributed by atoms with Crippen molar-refractivity contribution >= 4 is 33.2 Å². The molecule has 1 aromatic carbocycles. The maximum atomic E-state index is 12.1. The summed E-state index contributed by atoms with van der Waals surface area (Å²) in [6.45, 7) is 1.93. The van der Waals surface area contributed by atoms with Gasteiger partial charge in [-0.2, -0.15) is 0 Å². The second kappa shape index (κ2) is 5.18. The van der Waals surface area contributed by atoms with Crippen LogP contribution in [-0.4, -0.2) is 10.9 Å². The van der Waals surface area contributed by atoms with Crippen LogP contribution in [0.15, 0.2) is 41.1 Å². The Labute approximate surface area is 113 Å². The monoisotopic (exact) mass is 305 g/mol. The highest BCUT2D eigenvalue weighted by molar-refractivity contribution is 9.10. The molecule has 0 saturated carbocycles. The van der Waals surface area contributed by atoms with Gasteiger partial charge in [0.2, 0.25) is 0 Å². The Balaban J connectivity index is 2.28. The standard InChI is InChI=1S/C13H12BrN3O/c1-8-2-3-10(14)9(6-8)13(18)17-12-4-5-16-7-11(12)15/h2-7H,15H2,1H3,(H,16,17,18). The molecular weight excluding hydrogens is 294 g/mol. The molecule has 5 heteroatoms. The van der Waals surface area contributed by atoms with Gasteiger partial charge >= 0.3 is 0 Å². The Hall–Kier alpha value is -1.88. The Morgan fingerprint density at radius 1 is 1.39 bits per heavy atom. The number of amides is 1. The van der Waals surface area contributed by atoms with E-state index in [-0.39, 0.29) is 5.91 Å². The molecule has 0 fully saturated rings. The molecule has 2 rings (SSSR count). The van der Waals surface area contributed by atoms with Crippen molar-refractivity contribution in [2.45, 2.75) is 6.92 Å². The molecule has 18 heavy (non-hydrogen) atoms. The number of carbonyl (C=O) groups excluding carboxylic acids is 1. The maximum absolute atomic E-state index is 12.1. The Bertz CT molecular complexity index is 599. The molecule has 1 aromatic heterocycles. The molecule has 4 nitrogen and oxygen atoms in total. The molecule has 1 amide bonds. The molecular formula is C13H12BrN3O. The predicted molar refractivity (Wildman–Crippen MR) is 75.5 cm³/mol. The normalized spacial score (nSPS) is 10.1. The number of nitrogens with one attached hydrogen (secondary N) is 1. The molecule has 3 N–H and O–H groups in total. The van der Waals surface area contributed by atoms with Crippen LogP contribution in [0.25, 0.3) is 0 Å². The average molecular weight is 306 g/mol. The highest BCUT2D eigenvalue weighted by Gasteiger charge is 2.11. The number of anilines is 2. The van der Waals surface area contributed by atoms with Crippen molar-refractivity contribution in [3.05, 3.63) is 52.3 Å². The zero-order valence-electron chi connectivity index (χ0n) is 9.77. The number of pyridine rings is 1. The lowest BCUT2D eigenvalue weighted by molar-refractivity contribution is 0.102. The van der Waals surface area contributed by atoms with Gasteiger partial charge in [-0.3, -0.25) is 9.78 Å². The molecule has 0 bridgehead atoms. The lowest BCUT2D eigenvalue weighted by Gasteiger charge is -2.09. The van der Waals surface area contributed by atoms with Gasteiger partial charge in [0, 0.05) is 10.7 Å². The van der Waals surface area contributed by atoms with Crippen molar-refractivity contribution in [1.82, 2.24) is 4.98 Å². The van der Waals surface area contributed by atoms with Crippen LogP contribution in [0.1, 0.15) is 15.9 Å². The minimum Gasteiger partial charge on any atom is -0.396 e. The number of aryl methyl sites for hydroxylation is 1. The fourth-order valence-electron chi connectivity index (χ4n) is 1.52. The Kier molecular flexibility index (Phi) is 3.62. The minimum absolute atomic E-state index is 0.205. The van der Waals surface area contributed by atoms with Gasteiger partial charge in [-0.15, -0.1) is 0 Å². The summed E-state index contributed by atoms with van der Waals surface area (Å²) < 4.78 is 0.748. The third-order valence-corrected chi connectivity index (χ3v) is 3.16. The summed E-state index contributed by atoms with van der Waals surface area (Å²) in [5.74, 6) is -0.205. The van der Waals surface area contributed by atoms with E-state index < -0.39 is 0 Å². The number of hydrogen-bond acceptors (Lipinski definition) is 3. The lowest BCUT2D eigenvalue weighted by Crippen LogP contribution is -2.14. The molecule has 0 atom stereocenters. The number of aromatic nitrogens is 1. The van der Waals surface area contributed by atoms with Gasteiger partial charge in [0.1, 0.15) is 0 Å². The van der Waals surface area contributed by atoms with E-state index in [0.29, 0.717) is 16.9 Å². The number of nitrogens with zero attached hydrogens (tertiary/aromatic N) is 1. The molecule has 0 spiro atoms. The zero-order valence-corrected chi connectivity index (χ0v) is 11.4. The van der Waals surface area contributed by atoms with Crippen LogP contribution in [-0.2, 0) is 0 Å². The SMILES string of the molecule is Cc1ccc(Br)c(C(=O)Nc2ccncc2N)c1. The summed E-state index contributed by atoms with van der Waals surface area (Å²) in [6, 6.07) is 7.26. The average Bonchev–Trinajstić information content (AvgIpc) is 2.35. The highest BCUT2D eigenvalue weighted by atomic mass is 79.9. The van der Waals surface area contributed by atoms with Crippen LogP contribution in [0.3, 0.4) is 0 Å². The molecule has 0 aliphatic heterocycles. The zero-order chi connectivity index (χ0) is 13.1. The molecule has 0 aliphatic rings. The largest absolute Gasteiger partial charge is 0.396 e. The number of nitrogen functional groups attached to an aromatic ring is 1. The van der Waals surface area contributed by atoms with Gasteiger partial charge in [0.05, 0.1) is 23.1 Å².